The minimum absolute atomic E-state index is 0.0842. The molecule has 1 atom stereocenters. The van der Waals surface area contributed by atoms with Gasteiger partial charge in [-0.25, -0.2) is 0 Å². The molecule has 0 aliphatic heterocycles. The largest absolute Gasteiger partial charge is 0.340 e. The highest BCUT2D eigenvalue weighted by Crippen LogP contribution is 2.19. The summed E-state index contributed by atoms with van der Waals surface area (Å²) in [5.74, 6) is 0.447. The maximum absolute atomic E-state index is 3.99. The van der Waals surface area contributed by atoms with Crippen LogP contribution in [0.2, 0.25) is 0 Å². The maximum Gasteiger partial charge on any atom is 0.207 e. The van der Waals surface area contributed by atoms with Gasteiger partial charge in [0.05, 0.1) is 0 Å². The van der Waals surface area contributed by atoms with Gasteiger partial charge in [0.2, 0.25) is 10.3 Å². The molecule has 0 spiro atoms. The van der Waals surface area contributed by atoms with E-state index in [-0.39, 0.29) is 6.17 Å². The first-order chi connectivity index (χ1) is 8.29. The van der Waals surface area contributed by atoms with Crippen LogP contribution in [0.25, 0.3) is 0 Å². The third kappa shape index (κ3) is 3.34. The van der Waals surface area contributed by atoms with Crippen LogP contribution in [-0.4, -0.2) is 26.6 Å². The van der Waals surface area contributed by atoms with E-state index in [0.29, 0.717) is 5.92 Å². The maximum atomic E-state index is 3.99. The van der Waals surface area contributed by atoms with Crippen molar-refractivity contribution < 1.29 is 0 Å². The predicted molar refractivity (Wildman–Crippen MR) is 70.3 cm³/mol. The van der Waals surface area contributed by atoms with E-state index in [9.17, 15) is 0 Å². The van der Waals surface area contributed by atoms with Crippen molar-refractivity contribution in [3.8, 4) is 0 Å². The van der Waals surface area contributed by atoms with Crippen LogP contribution in [0.4, 0.5) is 10.3 Å². The van der Waals surface area contributed by atoms with Crippen LogP contribution >= 0.6 is 22.7 Å². The fourth-order valence-corrected chi connectivity index (χ4v) is 2.26. The van der Waals surface area contributed by atoms with E-state index in [1.807, 2.05) is 0 Å². The quantitative estimate of drug-likeness (QED) is 0.784. The summed E-state index contributed by atoms with van der Waals surface area (Å²) in [5, 5.41) is 23.9. The SMILES string of the molecule is CC[C@@H](C)C(Nc1nncs1)Nc1nncs1. The molecule has 8 heteroatoms. The summed E-state index contributed by atoms with van der Waals surface area (Å²) in [6.45, 7) is 4.33. The Morgan fingerprint density at radius 2 is 1.65 bits per heavy atom. The van der Waals surface area contributed by atoms with E-state index >= 15 is 0 Å². The first-order valence-electron chi connectivity index (χ1n) is 5.35. The third-order valence-corrected chi connectivity index (χ3v) is 3.74. The lowest BCUT2D eigenvalue weighted by molar-refractivity contribution is 0.502. The van der Waals surface area contributed by atoms with Gasteiger partial charge in [-0.05, 0) is 12.3 Å². The Balaban J connectivity index is 2.03. The molecule has 6 nitrogen and oxygen atoms in total. The molecular weight excluding hydrogens is 256 g/mol. The van der Waals surface area contributed by atoms with Gasteiger partial charge >= 0.3 is 0 Å². The molecule has 0 saturated carbocycles. The van der Waals surface area contributed by atoms with Crippen LogP contribution in [-0.2, 0) is 0 Å². The second-order valence-electron chi connectivity index (χ2n) is 3.64. The second kappa shape index (κ2) is 5.87. The Labute approximate surface area is 108 Å². The summed E-state index contributed by atoms with van der Waals surface area (Å²) in [4.78, 5) is 0. The van der Waals surface area contributed by atoms with Crippen molar-refractivity contribution in [1.82, 2.24) is 20.4 Å². The molecule has 0 aliphatic rings. The van der Waals surface area contributed by atoms with E-state index in [4.69, 9.17) is 0 Å². The molecular formula is C9H14N6S2. The van der Waals surface area contributed by atoms with Crippen LogP contribution in [0.15, 0.2) is 11.0 Å². The lowest BCUT2D eigenvalue weighted by Crippen LogP contribution is -2.35. The monoisotopic (exact) mass is 270 g/mol. The molecule has 0 aliphatic carbocycles. The van der Waals surface area contributed by atoms with Crippen LogP contribution in [0.5, 0.6) is 0 Å². The number of hydrogen-bond acceptors (Lipinski definition) is 8. The van der Waals surface area contributed by atoms with Crippen LogP contribution < -0.4 is 10.6 Å². The van der Waals surface area contributed by atoms with Crippen LogP contribution in [0.1, 0.15) is 20.3 Å². The first-order valence-corrected chi connectivity index (χ1v) is 7.11. The third-order valence-electron chi connectivity index (χ3n) is 2.49. The lowest BCUT2D eigenvalue weighted by atomic mass is 10.1. The fraction of sp³-hybridized carbons (Fsp3) is 0.556. The molecule has 2 aromatic heterocycles. The van der Waals surface area contributed by atoms with Gasteiger partial charge in [-0.3, -0.25) is 0 Å². The van der Waals surface area contributed by atoms with Gasteiger partial charge in [-0.1, -0.05) is 36.5 Å². The minimum atomic E-state index is 0.0842. The van der Waals surface area contributed by atoms with E-state index in [0.717, 1.165) is 16.7 Å². The molecule has 0 bridgehead atoms. The van der Waals surface area contributed by atoms with Gasteiger partial charge in [-0.15, -0.1) is 20.4 Å². The number of nitrogens with one attached hydrogen (secondary N) is 2. The average molecular weight is 270 g/mol. The molecule has 0 amide bonds. The number of aromatic nitrogens is 4. The molecule has 92 valence electrons. The van der Waals surface area contributed by atoms with Gasteiger partial charge in [0.15, 0.2) is 0 Å². The molecule has 2 aromatic rings. The highest BCUT2D eigenvalue weighted by molar-refractivity contribution is 7.13. The predicted octanol–water partition coefficient (Wildman–Crippen LogP) is 2.29. The van der Waals surface area contributed by atoms with Crippen molar-refractivity contribution in [2.75, 3.05) is 10.6 Å². The highest BCUT2D eigenvalue weighted by Gasteiger charge is 2.17. The Kier molecular flexibility index (Phi) is 4.21. The summed E-state index contributed by atoms with van der Waals surface area (Å²) in [6, 6.07) is 0. The molecule has 17 heavy (non-hydrogen) atoms. The Bertz CT molecular complexity index is 378. The van der Waals surface area contributed by atoms with Gasteiger partial charge in [0, 0.05) is 0 Å². The second-order valence-corrected chi connectivity index (χ2v) is 5.31. The fourth-order valence-electron chi connectivity index (χ4n) is 1.29. The molecule has 2 N–H and O–H groups in total. The summed E-state index contributed by atoms with van der Waals surface area (Å²) in [6.07, 6.45) is 1.14. The van der Waals surface area contributed by atoms with Crippen LogP contribution in [0.3, 0.4) is 0 Å². The Morgan fingerprint density at radius 1 is 1.12 bits per heavy atom. The van der Waals surface area contributed by atoms with E-state index in [2.05, 4.69) is 44.9 Å². The van der Waals surface area contributed by atoms with E-state index < -0.39 is 0 Å². The number of nitrogens with zero attached hydrogens (tertiary/aromatic N) is 4. The van der Waals surface area contributed by atoms with Gasteiger partial charge in [-0.2, -0.15) is 0 Å². The molecule has 0 fully saturated rings. The molecule has 2 heterocycles. The van der Waals surface area contributed by atoms with Gasteiger partial charge in [0.25, 0.3) is 0 Å². The number of rotatable bonds is 6. The zero-order chi connectivity index (χ0) is 12.1. The minimum Gasteiger partial charge on any atom is -0.340 e. The van der Waals surface area contributed by atoms with Gasteiger partial charge < -0.3 is 10.6 Å². The smallest absolute Gasteiger partial charge is 0.207 e. The molecule has 0 radical (unpaired) electrons. The van der Waals surface area contributed by atoms with E-state index in [1.54, 1.807) is 11.0 Å². The zero-order valence-corrected chi connectivity index (χ0v) is 11.3. The normalized spacial score (nSPS) is 12.6. The Morgan fingerprint density at radius 3 is 2.00 bits per heavy atom. The standard InChI is InChI=1S/C9H14N6S2/c1-3-6(2)7(12-8-14-10-4-16-8)13-9-15-11-5-17-9/h4-7H,3H2,1-2H3,(H,12,14)(H,13,15)/t6-/m1/s1. The van der Waals surface area contributed by atoms with Crippen LogP contribution in [0, 0.1) is 5.92 Å². The molecule has 0 unspecified atom stereocenters. The first kappa shape index (κ1) is 12.2. The van der Waals surface area contributed by atoms with Crippen molar-refractivity contribution in [3.05, 3.63) is 11.0 Å². The summed E-state index contributed by atoms with van der Waals surface area (Å²) >= 11 is 2.97. The number of anilines is 2. The van der Waals surface area contributed by atoms with Gasteiger partial charge in [0.1, 0.15) is 17.2 Å². The van der Waals surface area contributed by atoms with Crippen molar-refractivity contribution in [2.45, 2.75) is 26.4 Å². The summed E-state index contributed by atoms with van der Waals surface area (Å²) in [5.41, 5.74) is 3.42. The van der Waals surface area contributed by atoms with Crippen molar-refractivity contribution in [2.24, 2.45) is 5.92 Å². The van der Waals surface area contributed by atoms with E-state index in [1.165, 1.54) is 22.7 Å². The average Bonchev–Trinajstić information content (AvgIpc) is 3.00. The topological polar surface area (TPSA) is 75.6 Å². The van der Waals surface area contributed by atoms with Crippen molar-refractivity contribution in [1.29, 1.82) is 0 Å². The molecule has 0 aromatic carbocycles. The lowest BCUT2D eigenvalue weighted by Gasteiger charge is -2.24. The summed E-state index contributed by atoms with van der Waals surface area (Å²) in [7, 11) is 0. The van der Waals surface area contributed by atoms with Crippen molar-refractivity contribution >= 4 is 32.9 Å². The Hall–Kier alpha value is -1.28. The summed E-state index contributed by atoms with van der Waals surface area (Å²) < 4.78 is 0. The molecule has 0 saturated heterocycles. The van der Waals surface area contributed by atoms with Crippen molar-refractivity contribution in [3.63, 3.8) is 0 Å². The molecule has 2 rings (SSSR count). The zero-order valence-electron chi connectivity index (χ0n) is 9.62. The highest BCUT2D eigenvalue weighted by atomic mass is 32.1. The number of hydrogen-bond donors (Lipinski definition) is 2.